The number of amides is 2. The van der Waals surface area contributed by atoms with Gasteiger partial charge in [0.25, 0.3) is 5.91 Å². The summed E-state index contributed by atoms with van der Waals surface area (Å²) in [6, 6.07) is 5.70. The number of hydrogen-bond acceptors (Lipinski definition) is 5. The first kappa shape index (κ1) is 17.6. The Labute approximate surface area is 164 Å². The number of aliphatic imine (C=N–C) groups is 1. The Balaban J connectivity index is 1.53. The van der Waals surface area contributed by atoms with Crippen LogP contribution >= 0.6 is 15.9 Å². The van der Waals surface area contributed by atoms with Crippen molar-refractivity contribution >= 4 is 45.7 Å². The molecule has 3 N–H and O–H groups in total. The van der Waals surface area contributed by atoms with E-state index in [1.54, 1.807) is 4.90 Å². The predicted octanol–water partition coefficient (Wildman–Crippen LogP) is 1.98. The quantitative estimate of drug-likeness (QED) is 0.570. The van der Waals surface area contributed by atoms with Gasteiger partial charge in [-0.25, -0.2) is 15.0 Å². The van der Waals surface area contributed by atoms with Crippen LogP contribution in [0.2, 0.25) is 0 Å². The fraction of sp³-hybridized carbons (Fsp3) is 0.278. The molecule has 1 fully saturated rings. The van der Waals surface area contributed by atoms with Crippen LogP contribution in [0.5, 0.6) is 0 Å². The lowest BCUT2D eigenvalue weighted by molar-refractivity contribution is -0.117. The molecule has 2 aliphatic rings. The summed E-state index contributed by atoms with van der Waals surface area (Å²) in [5.41, 5.74) is 7.00. The van der Waals surface area contributed by atoms with Gasteiger partial charge in [0.2, 0.25) is 5.91 Å². The minimum absolute atomic E-state index is 0.0329. The van der Waals surface area contributed by atoms with E-state index < -0.39 is 0 Å². The van der Waals surface area contributed by atoms with Crippen LogP contribution in [0.25, 0.3) is 0 Å². The molecular weight excluding hydrogens is 412 g/mol. The van der Waals surface area contributed by atoms with E-state index in [0.717, 1.165) is 29.2 Å². The van der Waals surface area contributed by atoms with Crippen LogP contribution in [0.15, 0.2) is 40.1 Å². The summed E-state index contributed by atoms with van der Waals surface area (Å²) < 4.78 is 0.960. The lowest BCUT2D eigenvalue weighted by atomic mass is 9.86. The van der Waals surface area contributed by atoms with Gasteiger partial charge in [0.15, 0.2) is 11.6 Å². The second-order valence-electron chi connectivity index (χ2n) is 6.69. The number of nitrogens with one attached hydrogen (secondary N) is 1. The molecule has 2 aromatic rings. The average molecular weight is 429 g/mol. The van der Waals surface area contributed by atoms with Crippen molar-refractivity contribution in [3.05, 3.63) is 46.2 Å². The van der Waals surface area contributed by atoms with Crippen LogP contribution in [-0.4, -0.2) is 46.1 Å². The van der Waals surface area contributed by atoms with Gasteiger partial charge in [-0.3, -0.25) is 9.59 Å². The van der Waals surface area contributed by atoms with Crippen molar-refractivity contribution in [1.82, 2.24) is 14.9 Å². The van der Waals surface area contributed by atoms with Crippen LogP contribution in [0, 0.1) is 0 Å². The van der Waals surface area contributed by atoms with E-state index in [1.165, 1.54) is 12.4 Å². The highest BCUT2D eigenvalue weighted by Crippen LogP contribution is 2.52. The zero-order valence-electron chi connectivity index (χ0n) is 14.4. The molecule has 1 saturated carbocycles. The smallest absolute Gasteiger partial charge is 0.254 e. The van der Waals surface area contributed by atoms with E-state index in [0.29, 0.717) is 12.1 Å². The number of nitrogens with two attached hydrogens (primary N) is 1. The Kier molecular flexibility index (Phi) is 4.39. The summed E-state index contributed by atoms with van der Waals surface area (Å²) in [7, 11) is 0. The van der Waals surface area contributed by atoms with Crippen LogP contribution in [0.3, 0.4) is 0 Å². The lowest BCUT2D eigenvalue weighted by Crippen LogP contribution is -2.46. The van der Waals surface area contributed by atoms with E-state index in [-0.39, 0.29) is 35.4 Å². The van der Waals surface area contributed by atoms with Crippen molar-refractivity contribution in [3.8, 4) is 0 Å². The van der Waals surface area contributed by atoms with Crippen molar-refractivity contribution in [2.45, 2.75) is 18.3 Å². The fourth-order valence-corrected chi connectivity index (χ4v) is 3.83. The first-order chi connectivity index (χ1) is 13.0. The maximum atomic E-state index is 12.9. The maximum Gasteiger partial charge on any atom is 0.254 e. The van der Waals surface area contributed by atoms with Gasteiger partial charge in [0.1, 0.15) is 6.54 Å². The van der Waals surface area contributed by atoms with E-state index in [4.69, 9.17) is 5.73 Å². The SMILES string of the molecule is NC=Nc1nccnc1NC(=O)CN1CC2(CC2)c2cc(Br)ccc2C1=O. The molecule has 1 aliphatic heterocycles. The molecule has 0 saturated heterocycles. The molecule has 1 aromatic heterocycles. The van der Waals surface area contributed by atoms with Crippen molar-refractivity contribution in [3.63, 3.8) is 0 Å². The third-order valence-corrected chi connectivity index (χ3v) is 5.38. The van der Waals surface area contributed by atoms with E-state index in [2.05, 4.69) is 36.2 Å². The Morgan fingerprint density at radius 2 is 2.15 bits per heavy atom. The normalized spacial score (nSPS) is 17.2. The standard InChI is InChI=1S/C18H17BrN6O2/c19-11-1-2-12-13(7-11)18(3-4-18)9-25(17(12)27)8-14(26)24-16-15(23-10-20)21-5-6-22-16/h1-2,5-7,10H,3-4,8-9H2,(H2,20,21,23)(H,22,24,26). The molecule has 9 heteroatoms. The number of hydrogen-bond donors (Lipinski definition) is 2. The summed E-state index contributed by atoms with van der Waals surface area (Å²) in [4.78, 5) is 38.9. The molecule has 2 amide bonds. The second-order valence-corrected chi connectivity index (χ2v) is 7.60. The molecule has 0 bridgehead atoms. The maximum absolute atomic E-state index is 12.9. The average Bonchev–Trinajstić information content (AvgIpc) is 3.42. The first-order valence-electron chi connectivity index (χ1n) is 8.47. The van der Waals surface area contributed by atoms with Gasteiger partial charge >= 0.3 is 0 Å². The van der Waals surface area contributed by atoms with E-state index in [9.17, 15) is 9.59 Å². The third kappa shape index (κ3) is 3.30. The van der Waals surface area contributed by atoms with Crippen LogP contribution in [0.4, 0.5) is 11.6 Å². The van der Waals surface area contributed by atoms with Gasteiger partial charge < -0.3 is 16.0 Å². The molecule has 1 spiro atoms. The largest absolute Gasteiger partial charge is 0.390 e. The van der Waals surface area contributed by atoms with Crippen LogP contribution < -0.4 is 11.1 Å². The topological polar surface area (TPSA) is 114 Å². The van der Waals surface area contributed by atoms with Gasteiger partial charge in [0.05, 0.1) is 6.34 Å². The van der Waals surface area contributed by atoms with Crippen molar-refractivity contribution < 1.29 is 9.59 Å². The number of aromatic nitrogens is 2. The number of halogens is 1. The van der Waals surface area contributed by atoms with Gasteiger partial charge in [-0.2, -0.15) is 0 Å². The summed E-state index contributed by atoms with van der Waals surface area (Å²) in [5, 5.41) is 2.66. The van der Waals surface area contributed by atoms with E-state index in [1.807, 2.05) is 18.2 Å². The van der Waals surface area contributed by atoms with Gasteiger partial charge in [-0.1, -0.05) is 15.9 Å². The Bertz CT molecular complexity index is 957. The van der Waals surface area contributed by atoms with E-state index >= 15 is 0 Å². The molecule has 8 nitrogen and oxygen atoms in total. The summed E-state index contributed by atoms with van der Waals surface area (Å²) in [6.07, 6.45) is 6.02. The number of fused-ring (bicyclic) bond motifs is 2. The van der Waals surface area contributed by atoms with Crippen LogP contribution in [0.1, 0.15) is 28.8 Å². The van der Waals surface area contributed by atoms with Gasteiger partial charge in [0, 0.05) is 34.4 Å². The summed E-state index contributed by atoms with van der Waals surface area (Å²) >= 11 is 3.48. The van der Waals surface area contributed by atoms with Crippen molar-refractivity contribution in [1.29, 1.82) is 0 Å². The minimum Gasteiger partial charge on any atom is -0.390 e. The van der Waals surface area contributed by atoms with Gasteiger partial charge in [-0.15, -0.1) is 0 Å². The molecule has 0 atom stereocenters. The number of benzene rings is 1. The van der Waals surface area contributed by atoms with Crippen molar-refractivity contribution in [2.24, 2.45) is 10.7 Å². The fourth-order valence-electron chi connectivity index (χ4n) is 3.47. The summed E-state index contributed by atoms with van der Waals surface area (Å²) in [5.74, 6) is -0.0653. The molecule has 4 rings (SSSR count). The number of nitrogens with zero attached hydrogens (tertiary/aromatic N) is 4. The zero-order chi connectivity index (χ0) is 19.0. The third-order valence-electron chi connectivity index (χ3n) is 4.89. The highest BCUT2D eigenvalue weighted by molar-refractivity contribution is 9.10. The Morgan fingerprint density at radius 1 is 1.37 bits per heavy atom. The van der Waals surface area contributed by atoms with Crippen LogP contribution in [-0.2, 0) is 10.2 Å². The molecule has 1 aliphatic carbocycles. The Morgan fingerprint density at radius 3 is 2.89 bits per heavy atom. The number of anilines is 1. The monoisotopic (exact) mass is 428 g/mol. The molecule has 0 unspecified atom stereocenters. The molecule has 27 heavy (non-hydrogen) atoms. The molecule has 0 radical (unpaired) electrons. The first-order valence-corrected chi connectivity index (χ1v) is 9.26. The lowest BCUT2D eigenvalue weighted by Gasteiger charge is -2.34. The summed E-state index contributed by atoms with van der Waals surface area (Å²) in [6.45, 7) is 0.482. The highest BCUT2D eigenvalue weighted by Gasteiger charge is 2.51. The molecule has 1 aromatic carbocycles. The molecule has 138 valence electrons. The second kappa shape index (κ2) is 6.73. The number of carbonyl (C=O) groups is 2. The zero-order valence-corrected chi connectivity index (χ0v) is 15.9. The number of carbonyl (C=O) groups excluding carboxylic acids is 2. The highest BCUT2D eigenvalue weighted by atomic mass is 79.9. The predicted molar refractivity (Wildman–Crippen MR) is 104 cm³/mol. The Hall–Kier alpha value is -2.81. The molecule has 2 heterocycles. The van der Waals surface area contributed by atoms with Crippen molar-refractivity contribution in [2.75, 3.05) is 18.4 Å². The molecular formula is C18H17BrN6O2. The van der Waals surface area contributed by atoms with Gasteiger partial charge in [-0.05, 0) is 36.6 Å². The number of rotatable bonds is 4. The minimum atomic E-state index is -0.353.